The monoisotopic (exact) mass is 206 g/mol. The van der Waals surface area contributed by atoms with Crippen LogP contribution in [0.3, 0.4) is 0 Å². The van der Waals surface area contributed by atoms with Gasteiger partial charge in [-0.05, 0) is 23.6 Å². The van der Waals surface area contributed by atoms with Crippen LogP contribution < -0.4 is 16.8 Å². The maximum atomic E-state index is 5.58. The maximum absolute atomic E-state index is 5.58. The van der Waals surface area contributed by atoms with Crippen LogP contribution in [0.4, 0.5) is 23.0 Å². The van der Waals surface area contributed by atoms with Gasteiger partial charge in [-0.2, -0.15) is 11.3 Å². The second-order valence-electron chi connectivity index (χ2n) is 2.81. The van der Waals surface area contributed by atoms with E-state index in [0.29, 0.717) is 17.3 Å². The third-order valence-corrected chi connectivity index (χ3v) is 2.43. The zero-order chi connectivity index (χ0) is 9.97. The van der Waals surface area contributed by atoms with Crippen LogP contribution in [0, 0.1) is 0 Å². The van der Waals surface area contributed by atoms with Crippen molar-refractivity contribution in [1.82, 2.24) is 4.98 Å². The van der Waals surface area contributed by atoms with E-state index in [4.69, 9.17) is 11.5 Å². The molecule has 5 heteroatoms. The van der Waals surface area contributed by atoms with Crippen LogP contribution in [0.1, 0.15) is 0 Å². The molecule has 0 aromatic carbocycles. The fourth-order valence-corrected chi connectivity index (χ4v) is 1.63. The Morgan fingerprint density at radius 3 is 2.71 bits per heavy atom. The molecule has 2 heterocycles. The van der Waals surface area contributed by atoms with Crippen LogP contribution in [0.25, 0.3) is 0 Å². The number of rotatable bonds is 2. The predicted octanol–water partition coefficient (Wildman–Crippen LogP) is 2.05. The zero-order valence-electron chi connectivity index (χ0n) is 7.40. The van der Waals surface area contributed by atoms with Crippen molar-refractivity contribution in [2.75, 3.05) is 16.8 Å². The summed E-state index contributed by atoms with van der Waals surface area (Å²) >= 11 is 1.62. The predicted molar refractivity (Wildman–Crippen MR) is 60.7 cm³/mol. The molecule has 5 N–H and O–H groups in total. The molecule has 0 aliphatic heterocycles. The Labute approximate surface area is 85.6 Å². The number of hydrogen-bond donors (Lipinski definition) is 3. The first-order valence-corrected chi connectivity index (χ1v) is 5.01. The molecule has 0 saturated carbocycles. The molecule has 0 atom stereocenters. The zero-order valence-corrected chi connectivity index (χ0v) is 8.21. The summed E-state index contributed by atoms with van der Waals surface area (Å²) < 4.78 is 0. The van der Waals surface area contributed by atoms with Gasteiger partial charge >= 0.3 is 0 Å². The molecular weight excluding hydrogens is 196 g/mol. The van der Waals surface area contributed by atoms with E-state index in [1.54, 1.807) is 23.5 Å². The maximum Gasteiger partial charge on any atom is 0.149 e. The minimum Gasteiger partial charge on any atom is -0.396 e. The number of thiophene rings is 1. The molecule has 0 fully saturated rings. The molecule has 14 heavy (non-hydrogen) atoms. The second-order valence-corrected chi connectivity index (χ2v) is 3.59. The Hall–Kier alpha value is -1.75. The van der Waals surface area contributed by atoms with E-state index in [2.05, 4.69) is 10.3 Å². The molecular formula is C9H10N4S. The molecule has 72 valence electrons. The van der Waals surface area contributed by atoms with E-state index in [0.717, 1.165) is 5.69 Å². The van der Waals surface area contributed by atoms with Gasteiger partial charge in [-0.1, -0.05) is 0 Å². The molecule has 0 radical (unpaired) electrons. The van der Waals surface area contributed by atoms with Gasteiger partial charge in [-0.3, -0.25) is 0 Å². The van der Waals surface area contributed by atoms with Gasteiger partial charge in [0.1, 0.15) is 11.6 Å². The summed E-state index contributed by atoms with van der Waals surface area (Å²) in [6.07, 6.45) is 0. The molecule has 0 unspecified atom stereocenters. The highest BCUT2D eigenvalue weighted by molar-refractivity contribution is 7.08. The number of nitrogens with one attached hydrogen (secondary N) is 1. The van der Waals surface area contributed by atoms with E-state index in [1.807, 2.05) is 16.8 Å². The van der Waals surface area contributed by atoms with Crippen LogP contribution in [0.2, 0.25) is 0 Å². The molecule has 4 nitrogen and oxygen atoms in total. The molecule has 0 aliphatic carbocycles. The molecule has 0 amide bonds. The molecule has 2 aromatic heterocycles. The number of nitrogen functional groups attached to an aromatic ring is 2. The van der Waals surface area contributed by atoms with E-state index in [-0.39, 0.29) is 0 Å². The van der Waals surface area contributed by atoms with Gasteiger partial charge < -0.3 is 16.8 Å². The topological polar surface area (TPSA) is 77.0 Å². The molecule has 2 aromatic rings. The SMILES string of the molecule is Nc1ccc(Nc2ccsc2)nc1N. The van der Waals surface area contributed by atoms with Crippen molar-refractivity contribution >= 4 is 34.3 Å². The molecule has 0 bridgehead atoms. The van der Waals surface area contributed by atoms with Crippen molar-refractivity contribution in [2.24, 2.45) is 0 Å². The van der Waals surface area contributed by atoms with E-state index >= 15 is 0 Å². The van der Waals surface area contributed by atoms with E-state index in [9.17, 15) is 0 Å². The highest BCUT2D eigenvalue weighted by Crippen LogP contribution is 2.20. The Morgan fingerprint density at radius 1 is 1.21 bits per heavy atom. The fourth-order valence-electron chi connectivity index (χ4n) is 1.04. The summed E-state index contributed by atoms with van der Waals surface area (Å²) in [4.78, 5) is 4.09. The normalized spacial score (nSPS) is 10.0. The van der Waals surface area contributed by atoms with Crippen LogP contribution in [0.5, 0.6) is 0 Å². The van der Waals surface area contributed by atoms with Crippen molar-refractivity contribution in [2.45, 2.75) is 0 Å². The number of nitrogens with two attached hydrogens (primary N) is 2. The van der Waals surface area contributed by atoms with E-state index in [1.165, 1.54) is 0 Å². The minimum atomic E-state index is 0.352. The smallest absolute Gasteiger partial charge is 0.149 e. The van der Waals surface area contributed by atoms with Crippen LogP contribution in [0.15, 0.2) is 29.0 Å². The Kier molecular flexibility index (Phi) is 2.24. The summed E-state index contributed by atoms with van der Waals surface area (Å²) in [5, 5.41) is 7.10. The fraction of sp³-hybridized carbons (Fsp3) is 0. The Morgan fingerprint density at radius 2 is 2.07 bits per heavy atom. The molecule has 2 rings (SSSR count). The number of hydrogen-bond acceptors (Lipinski definition) is 5. The van der Waals surface area contributed by atoms with Crippen LogP contribution >= 0.6 is 11.3 Å². The number of nitrogens with zero attached hydrogens (tertiary/aromatic N) is 1. The van der Waals surface area contributed by atoms with Crippen molar-refractivity contribution < 1.29 is 0 Å². The van der Waals surface area contributed by atoms with Crippen molar-refractivity contribution in [3.8, 4) is 0 Å². The first-order chi connectivity index (χ1) is 6.75. The summed E-state index contributed by atoms with van der Waals surface area (Å²) in [6, 6.07) is 5.50. The number of aromatic nitrogens is 1. The van der Waals surface area contributed by atoms with E-state index < -0.39 is 0 Å². The lowest BCUT2D eigenvalue weighted by molar-refractivity contribution is 1.32. The first-order valence-electron chi connectivity index (χ1n) is 4.07. The van der Waals surface area contributed by atoms with Crippen LogP contribution in [-0.4, -0.2) is 4.98 Å². The second kappa shape index (κ2) is 3.55. The minimum absolute atomic E-state index is 0.352. The lowest BCUT2D eigenvalue weighted by atomic mass is 10.4. The first kappa shape index (κ1) is 8.83. The summed E-state index contributed by atoms with van der Waals surface area (Å²) in [7, 11) is 0. The van der Waals surface area contributed by atoms with Gasteiger partial charge in [-0.25, -0.2) is 4.98 Å². The van der Waals surface area contributed by atoms with Gasteiger partial charge in [-0.15, -0.1) is 0 Å². The summed E-state index contributed by atoms with van der Waals surface area (Å²) in [6.45, 7) is 0. The van der Waals surface area contributed by atoms with Gasteiger partial charge in [0.05, 0.1) is 11.4 Å². The van der Waals surface area contributed by atoms with Gasteiger partial charge in [0.2, 0.25) is 0 Å². The van der Waals surface area contributed by atoms with Gasteiger partial charge in [0, 0.05) is 5.38 Å². The highest BCUT2D eigenvalue weighted by Gasteiger charge is 1.99. The number of pyridine rings is 1. The lowest BCUT2D eigenvalue weighted by Crippen LogP contribution is -2.00. The lowest BCUT2D eigenvalue weighted by Gasteiger charge is -2.04. The average Bonchev–Trinajstić information content (AvgIpc) is 2.64. The van der Waals surface area contributed by atoms with Crippen molar-refractivity contribution in [3.63, 3.8) is 0 Å². The van der Waals surface area contributed by atoms with Gasteiger partial charge in [0.25, 0.3) is 0 Å². The molecule has 0 spiro atoms. The molecule has 0 aliphatic rings. The Balaban J connectivity index is 2.22. The summed E-state index contributed by atoms with van der Waals surface area (Å²) in [5.41, 5.74) is 12.6. The third kappa shape index (κ3) is 1.77. The quantitative estimate of drug-likeness (QED) is 0.702. The standard InChI is InChI=1S/C9H10N4S/c10-7-1-2-8(13-9(7)11)12-6-3-4-14-5-6/h1-5H,10H2,(H3,11,12,13). The van der Waals surface area contributed by atoms with Gasteiger partial charge in [0.15, 0.2) is 0 Å². The van der Waals surface area contributed by atoms with Crippen molar-refractivity contribution in [1.29, 1.82) is 0 Å². The summed E-state index contributed by atoms with van der Waals surface area (Å²) in [5.74, 6) is 1.06. The largest absolute Gasteiger partial charge is 0.396 e. The molecule has 0 saturated heterocycles. The number of anilines is 4. The Bertz CT molecular complexity index is 424. The van der Waals surface area contributed by atoms with Crippen molar-refractivity contribution in [3.05, 3.63) is 29.0 Å². The van der Waals surface area contributed by atoms with Crippen LogP contribution in [-0.2, 0) is 0 Å². The highest BCUT2D eigenvalue weighted by atomic mass is 32.1. The average molecular weight is 206 g/mol. The third-order valence-electron chi connectivity index (χ3n) is 1.75.